The highest BCUT2D eigenvalue weighted by molar-refractivity contribution is 5.94. The second-order valence-electron chi connectivity index (χ2n) is 4.30. The zero-order valence-electron chi connectivity index (χ0n) is 10.8. The largest absolute Gasteiger partial charge is 0.465 e. The topological polar surface area (TPSA) is 59.5 Å². The monoisotopic (exact) mass is 248 g/mol. The smallest absolute Gasteiger partial charge is 0.339 e. The Labute approximate surface area is 106 Å². The summed E-state index contributed by atoms with van der Waals surface area (Å²) in [6, 6.07) is 1.54. The van der Waals surface area contributed by atoms with Crippen LogP contribution in [0.15, 0.2) is 12.3 Å². The minimum Gasteiger partial charge on any atom is -0.465 e. The number of pyridine rings is 1. The third kappa shape index (κ3) is 1.96. The van der Waals surface area contributed by atoms with E-state index in [0.717, 1.165) is 11.4 Å². The molecule has 0 fully saturated rings. The number of nitrogens with zero attached hydrogens (tertiary/aromatic N) is 2. The average Bonchev–Trinajstić information content (AvgIpc) is 2.39. The first-order valence-corrected chi connectivity index (χ1v) is 5.95. The molecule has 1 aliphatic heterocycles. The number of anilines is 1. The van der Waals surface area contributed by atoms with Crippen LogP contribution in [0.5, 0.6) is 0 Å². The number of fused-ring (bicyclic) bond motifs is 1. The van der Waals surface area contributed by atoms with Crippen LogP contribution in [0, 0.1) is 0 Å². The number of methoxy groups -OCH3 is 1. The summed E-state index contributed by atoms with van der Waals surface area (Å²) in [7, 11) is 1.33. The molecule has 0 N–H and O–H groups in total. The standard InChI is InChI=1S/C13H16N2O3/c1-4-15-8(2)11(16)6-9-5-10(13(17)18-3)7-14-12(9)15/h5,7-8H,4,6H2,1-3H3/t8-/m0/s1. The highest BCUT2D eigenvalue weighted by Crippen LogP contribution is 2.27. The molecule has 0 aromatic carbocycles. The van der Waals surface area contributed by atoms with E-state index < -0.39 is 5.97 Å². The molecule has 1 aromatic heterocycles. The van der Waals surface area contributed by atoms with Crippen LogP contribution in [0.1, 0.15) is 29.8 Å². The molecule has 1 atom stereocenters. The molecule has 0 radical (unpaired) electrons. The lowest BCUT2D eigenvalue weighted by molar-refractivity contribution is -0.119. The number of ether oxygens (including phenoxy) is 1. The van der Waals surface area contributed by atoms with Crippen LogP contribution in [0.4, 0.5) is 5.82 Å². The van der Waals surface area contributed by atoms with Gasteiger partial charge in [0.05, 0.1) is 18.7 Å². The maximum absolute atomic E-state index is 11.9. The summed E-state index contributed by atoms with van der Waals surface area (Å²) in [4.78, 5) is 29.6. The molecule has 0 unspecified atom stereocenters. The van der Waals surface area contributed by atoms with Gasteiger partial charge in [-0.15, -0.1) is 0 Å². The third-order valence-corrected chi connectivity index (χ3v) is 3.27. The Balaban J connectivity index is 2.45. The van der Waals surface area contributed by atoms with Gasteiger partial charge in [0.2, 0.25) is 0 Å². The molecule has 0 spiro atoms. The van der Waals surface area contributed by atoms with E-state index in [1.165, 1.54) is 13.3 Å². The number of Topliss-reactive ketones (excluding diaryl/α,β-unsaturated/α-hetero) is 1. The van der Waals surface area contributed by atoms with Crippen LogP contribution in [0.3, 0.4) is 0 Å². The van der Waals surface area contributed by atoms with Crippen molar-refractivity contribution in [3.8, 4) is 0 Å². The summed E-state index contributed by atoms with van der Waals surface area (Å²) in [6.07, 6.45) is 1.82. The lowest BCUT2D eigenvalue weighted by Crippen LogP contribution is -2.44. The van der Waals surface area contributed by atoms with E-state index in [0.29, 0.717) is 18.5 Å². The Hall–Kier alpha value is -1.91. The number of hydrogen-bond donors (Lipinski definition) is 0. The van der Waals surface area contributed by atoms with Gasteiger partial charge in [-0.1, -0.05) is 0 Å². The number of carbonyl (C=O) groups is 2. The Morgan fingerprint density at radius 3 is 2.94 bits per heavy atom. The Bertz CT molecular complexity index is 499. The van der Waals surface area contributed by atoms with Crippen LogP contribution in [-0.4, -0.2) is 36.4 Å². The molecule has 0 bridgehead atoms. The quantitative estimate of drug-likeness (QED) is 0.736. The zero-order chi connectivity index (χ0) is 13.3. The van der Waals surface area contributed by atoms with Gasteiger partial charge in [-0.05, 0) is 19.9 Å². The summed E-state index contributed by atoms with van der Waals surface area (Å²) >= 11 is 0. The van der Waals surface area contributed by atoms with Gasteiger partial charge in [-0.3, -0.25) is 4.79 Å². The molecule has 0 saturated heterocycles. The van der Waals surface area contributed by atoms with Crippen molar-refractivity contribution in [1.29, 1.82) is 0 Å². The molecule has 0 amide bonds. The van der Waals surface area contributed by atoms with E-state index in [9.17, 15) is 9.59 Å². The number of ketones is 1. The van der Waals surface area contributed by atoms with E-state index in [2.05, 4.69) is 9.72 Å². The molecule has 2 rings (SSSR count). The van der Waals surface area contributed by atoms with E-state index in [1.54, 1.807) is 6.07 Å². The Kier molecular flexibility index (Phi) is 3.32. The summed E-state index contributed by atoms with van der Waals surface area (Å²) in [5.41, 5.74) is 1.18. The molecule has 0 aliphatic carbocycles. The van der Waals surface area contributed by atoms with Crippen LogP contribution >= 0.6 is 0 Å². The SMILES string of the molecule is CCN1c2ncc(C(=O)OC)cc2CC(=O)[C@@H]1C. The van der Waals surface area contributed by atoms with Crippen LogP contribution < -0.4 is 4.90 Å². The van der Waals surface area contributed by atoms with Crippen LogP contribution in [-0.2, 0) is 16.0 Å². The van der Waals surface area contributed by atoms with Crippen LogP contribution in [0.2, 0.25) is 0 Å². The number of carbonyl (C=O) groups excluding carboxylic acids is 2. The van der Waals surface area contributed by atoms with Gasteiger partial charge in [-0.2, -0.15) is 0 Å². The third-order valence-electron chi connectivity index (χ3n) is 3.27. The van der Waals surface area contributed by atoms with Gasteiger partial charge in [0.1, 0.15) is 5.82 Å². The minimum absolute atomic E-state index is 0.146. The predicted octanol–water partition coefficient (Wildman–Crippen LogP) is 1.21. The number of esters is 1. The van der Waals surface area contributed by atoms with E-state index in [4.69, 9.17) is 0 Å². The second-order valence-corrected chi connectivity index (χ2v) is 4.30. The van der Waals surface area contributed by atoms with Crippen LogP contribution in [0.25, 0.3) is 0 Å². The minimum atomic E-state index is -0.431. The lowest BCUT2D eigenvalue weighted by atomic mass is 9.97. The number of rotatable bonds is 2. The second kappa shape index (κ2) is 4.76. The average molecular weight is 248 g/mol. The highest BCUT2D eigenvalue weighted by atomic mass is 16.5. The first-order valence-electron chi connectivity index (χ1n) is 5.95. The molecular weight excluding hydrogens is 232 g/mol. The lowest BCUT2D eigenvalue weighted by Gasteiger charge is -2.33. The molecule has 1 aromatic rings. The van der Waals surface area contributed by atoms with E-state index in [-0.39, 0.29) is 11.8 Å². The Morgan fingerprint density at radius 1 is 1.61 bits per heavy atom. The fourth-order valence-electron chi connectivity index (χ4n) is 2.24. The Morgan fingerprint density at radius 2 is 2.33 bits per heavy atom. The van der Waals surface area contributed by atoms with Crippen molar-refractivity contribution >= 4 is 17.6 Å². The molecule has 2 heterocycles. The zero-order valence-corrected chi connectivity index (χ0v) is 10.8. The van der Waals surface area contributed by atoms with Gasteiger partial charge >= 0.3 is 5.97 Å². The molecular formula is C13H16N2O3. The first kappa shape index (κ1) is 12.5. The van der Waals surface area contributed by atoms with Gasteiger partial charge < -0.3 is 9.64 Å². The summed E-state index contributed by atoms with van der Waals surface area (Å²) in [5.74, 6) is 0.504. The normalized spacial score (nSPS) is 18.5. The van der Waals surface area contributed by atoms with Gasteiger partial charge in [0.15, 0.2) is 5.78 Å². The first-order chi connectivity index (χ1) is 8.58. The molecule has 1 aliphatic rings. The summed E-state index contributed by atoms with van der Waals surface area (Å²) < 4.78 is 4.65. The van der Waals surface area contributed by atoms with E-state index >= 15 is 0 Å². The maximum Gasteiger partial charge on any atom is 0.339 e. The predicted molar refractivity (Wildman–Crippen MR) is 66.8 cm³/mol. The number of likely N-dealkylation sites (N-methyl/N-ethyl adjacent to an activating group) is 1. The van der Waals surface area contributed by atoms with Crippen molar-refractivity contribution in [3.05, 3.63) is 23.4 Å². The molecule has 5 nitrogen and oxygen atoms in total. The fourth-order valence-corrected chi connectivity index (χ4v) is 2.24. The molecule has 96 valence electrons. The number of hydrogen-bond acceptors (Lipinski definition) is 5. The van der Waals surface area contributed by atoms with Crippen molar-refractivity contribution in [1.82, 2.24) is 4.98 Å². The number of aromatic nitrogens is 1. The molecule has 5 heteroatoms. The van der Waals surface area contributed by atoms with Crippen molar-refractivity contribution in [2.45, 2.75) is 26.3 Å². The molecule has 18 heavy (non-hydrogen) atoms. The van der Waals surface area contributed by atoms with Gasteiger partial charge in [0, 0.05) is 24.7 Å². The van der Waals surface area contributed by atoms with Crippen molar-refractivity contribution < 1.29 is 14.3 Å². The maximum atomic E-state index is 11.9. The van der Waals surface area contributed by atoms with Gasteiger partial charge in [-0.25, -0.2) is 9.78 Å². The molecule has 0 saturated carbocycles. The van der Waals surface area contributed by atoms with E-state index in [1.807, 2.05) is 18.7 Å². The fraction of sp³-hybridized carbons (Fsp3) is 0.462. The van der Waals surface area contributed by atoms with Crippen molar-refractivity contribution in [3.63, 3.8) is 0 Å². The van der Waals surface area contributed by atoms with Crippen molar-refractivity contribution in [2.24, 2.45) is 0 Å². The highest BCUT2D eigenvalue weighted by Gasteiger charge is 2.30. The summed E-state index contributed by atoms with van der Waals surface area (Å²) in [6.45, 7) is 4.57. The van der Waals surface area contributed by atoms with Gasteiger partial charge in [0.25, 0.3) is 0 Å². The summed E-state index contributed by atoms with van der Waals surface area (Å²) in [5, 5.41) is 0. The van der Waals surface area contributed by atoms with Crippen molar-refractivity contribution in [2.75, 3.05) is 18.6 Å².